The van der Waals surface area contributed by atoms with Crippen molar-refractivity contribution < 1.29 is 33.4 Å². The van der Waals surface area contributed by atoms with Crippen LogP contribution >= 0.6 is 0 Å². The largest absolute Gasteiger partial charge is 0.489 e. The molecular weight excluding hydrogens is 552 g/mol. The van der Waals surface area contributed by atoms with Crippen LogP contribution in [0.4, 0.5) is 5.69 Å². The Morgan fingerprint density at radius 3 is 2.60 bits per heavy atom. The van der Waals surface area contributed by atoms with E-state index >= 15 is 0 Å². The number of carbonyl (C=O) groups is 3. The molecule has 1 aromatic heterocycles. The second-order valence-electron chi connectivity index (χ2n) is 9.54. The number of nitrogens with zero attached hydrogens (tertiary/aromatic N) is 5. The quantitative estimate of drug-likeness (QED) is 0.0885. The number of non-ortho nitro benzene ring substituents is 1. The summed E-state index contributed by atoms with van der Waals surface area (Å²) in [4.78, 5) is 47.0. The lowest BCUT2D eigenvalue weighted by Gasteiger charge is -2.19. The van der Waals surface area contributed by atoms with Crippen molar-refractivity contribution in [2.75, 3.05) is 32.9 Å². The van der Waals surface area contributed by atoms with Crippen LogP contribution in [-0.2, 0) is 19.1 Å². The fourth-order valence-electron chi connectivity index (χ4n) is 4.03. The molecule has 3 rings (SSSR count). The maximum absolute atomic E-state index is 12.8. The zero-order valence-electron chi connectivity index (χ0n) is 23.3. The van der Waals surface area contributed by atoms with Gasteiger partial charge in [0.2, 0.25) is 23.2 Å². The minimum atomic E-state index is -0.756. The number of nitrogens with one attached hydrogen (secondary N) is 3. The Bertz CT molecular complexity index is 1320. The zero-order valence-corrected chi connectivity index (χ0v) is 23.3. The highest BCUT2D eigenvalue weighted by atomic mass is 16.6. The van der Waals surface area contributed by atoms with Gasteiger partial charge in [-0.3, -0.25) is 24.5 Å². The Hall–Kier alpha value is -4.65. The molecule has 1 atom stereocenters. The molecule has 0 bridgehead atoms. The van der Waals surface area contributed by atoms with Crippen molar-refractivity contribution in [3.8, 4) is 18.1 Å². The summed E-state index contributed by atoms with van der Waals surface area (Å²) >= 11 is 0. The van der Waals surface area contributed by atoms with E-state index < -0.39 is 16.6 Å². The van der Waals surface area contributed by atoms with Crippen LogP contribution in [0.2, 0.25) is 0 Å². The number of unbranched alkanes of at least 4 members (excludes halogenated alkanes) is 1. The Labute approximate surface area is 241 Å². The van der Waals surface area contributed by atoms with Gasteiger partial charge in [0.25, 0.3) is 0 Å². The molecule has 0 radical (unpaired) electrons. The van der Waals surface area contributed by atoms with E-state index in [1.54, 1.807) is 0 Å². The van der Waals surface area contributed by atoms with E-state index in [9.17, 15) is 24.5 Å². The van der Waals surface area contributed by atoms with Gasteiger partial charge in [0.15, 0.2) is 16.9 Å². The highest BCUT2D eigenvalue weighted by molar-refractivity contribution is 5.88. The second-order valence-corrected chi connectivity index (χ2v) is 9.54. The molecule has 0 fully saturated rings. The number of benzene rings is 1. The van der Waals surface area contributed by atoms with E-state index in [0.29, 0.717) is 45.1 Å². The monoisotopic (exact) mass is 586 g/mol. The van der Waals surface area contributed by atoms with Gasteiger partial charge in [0, 0.05) is 51.8 Å². The smallest absolute Gasteiger partial charge is 0.301 e. The SMILES string of the molecule is C#CCCC1(CCC(=O)N[C@@H](CCCCNC(C)=O)C(=O)NCCOCCOc2ccc([N+](=O)[O-])c3nonc23)N=N1. The average Bonchev–Trinajstić information content (AvgIpc) is 3.56. The topological polar surface area (TPSA) is 213 Å². The second kappa shape index (κ2) is 16.0. The summed E-state index contributed by atoms with van der Waals surface area (Å²) in [6, 6.07) is 1.90. The van der Waals surface area contributed by atoms with Crippen LogP contribution in [0.15, 0.2) is 27.0 Å². The van der Waals surface area contributed by atoms with Crippen LogP contribution in [-0.4, -0.2) is 77.6 Å². The van der Waals surface area contributed by atoms with Crippen LogP contribution in [0.3, 0.4) is 0 Å². The molecular formula is C26H34N8O8. The number of hydrogen-bond donors (Lipinski definition) is 3. The third-order valence-corrected chi connectivity index (χ3v) is 6.33. The first-order valence-electron chi connectivity index (χ1n) is 13.5. The van der Waals surface area contributed by atoms with Crippen LogP contribution in [0, 0.1) is 22.5 Å². The maximum atomic E-state index is 12.8. The molecule has 16 heteroatoms. The maximum Gasteiger partial charge on any atom is 0.301 e. The standard InChI is InChI=1S/C26H34N8O8/c1-3-4-11-26(32-33-26)12-10-22(36)29-19(7-5-6-13-27-18(2)35)25(37)28-14-15-40-16-17-41-21-9-8-20(34(38)39)23-24(21)31-42-30-23/h1,8-9,19H,4-7,10-17H2,2H3,(H,27,35)(H,28,37)(H,29,36)/t19-/m0/s1. The van der Waals surface area contributed by atoms with Gasteiger partial charge < -0.3 is 25.4 Å². The summed E-state index contributed by atoms with van der Waals surface area (Å²) in [5.41, 5.74) is -0.716. The van der Waals surface area contributed by atoms with E-state index in [4.69, 9.17) is 15.9 Å². The number of nitro benzene ring substituents is 1. The molecule has 1 aromatic carbocycles. The zero-order chi connectivity index (χ0) is 30.4. The first kappa shape index (κ1) is 31.9. The van der Waals surface area contributed by atoms with Crippen molar-refractivity contribution >= 4 is 34.4 Å². The van der Waals surface area contributed by atoms with Gasteiger partial charge in [0.1, 0.15) is 12.6 Å². The fourth-order valence-corrected chi connectivity index (χ4v) is 4.03. The van der Waals surface area contributed by atoms with E-state index in [-0.39, 0.29) is 73.0 Å². The summed E-state index contributed by atoms with van der Waals surface area (Å²) in [6.07, 6.45) is 8.64. The molecule has 16 nitrogen and oxygen atoms in total. The van der Waals surface area contributed by atoms with Gasteiger partial charge in [0.05, 0.1) is 18.1 Å². The van der Waals surface area contributed by atoms with Crippen molar-refractivity contribution in [2.45, 2.75) is 63.6 Å². The highest BCUT2D eigenvalue weighted by Gasteiger charge is 2.39. The predicted molar refractivity (Wildman–Crippen MR) is 147 cm³/mol. The van der Waals surface area contributed by atoms with E-state index in [1.807, 2.05) is 0 Å². The third kappa shape index (κ3) is 10.1. The number of nitro groups is 1. The average molecular weight is 587 g/mol. The molecule has 2 aromatic rings. The third-order valence-electron chi connectivity index (χ3n) is 6.33. The Balaban J connectivity index is 1.38. The van der Waals surface area contributed by atoms with Gasteiger partial charge in [-0.15, -0.1) is 12.3 Å². The molecule has 0 saturated carbocycles. The number of ether oxygens (including phenoxy) is 2. The van der Waals surface area contributed by atoms with Crippen LogP contribution in [0.25, 0.3) is 11.0 Å². The van der Waals surface area contributed by atoms with Gasteiger partial charge in [-0.1, -0.05) is 0 Å². The Morgan fingerprint density at radius 1 is 1.10 bits per heavy atom. The lowest BCUT2D eigenvalue weighted by atomic mass is 10.0. The van der Waals surface area contributed by atoms with Gasteiger partial charge >= 0.3 is 5.69 Å². The molecule has 42 heavy (non-hydrogen) atoms. The molecule has 1 aliphatic heterocycles. The van der Waals surface area contributed by atoms with Gasteiger partial charge in [-0.05, 0) is 35.6 Å². The van der Waals surface area contributed by atoms with E-state index in [2.05, 4.69) is 47.0 Å². The Morgan fingerprint density at radius 2 is 1.88 bits per heavy atom. The molecule has 0 saturated heterocycles. The number of fused-ring (bicyclic) bond motifs is 1. The molecule has 0 unspecified atom stereocenters. The number of hydrogen-bond acceptors (Lipinski definition) is 12. The molecule has 0 spiro atoms. The molecule has 226 valence electrons. The van der Waals surface area contributed by atoms with Crippen molar-refractivity contribution in [3.05, 3.63) is 22.2 Å². The molecule has 0 aliphatic carbocycles. The summed E-state index contributed by atoms with van der Waals surface area (Å²) in [5, 5.41) is 34.6. The summed E-state index contributed by atoms with van der Waals surface area (Å²) in [5.74, 6) is 2.04. The van der Waals surface area contributed by atoms with Gasteiger partial charge in [-0.2, -0.15) is 10.2 Å². The van der Waals surface area contributed by atoms with Crippen LogP contribution < -0.4 is 20.7 Å². The number of amides is 3. The number of aromatic nitrogens is 2. The summed E-state index contributed by atoms with van der Waals surface area (Å²) in [7, 11) is 0. The van der Waals surface area contributed by atoms with Crippen LogP contribution in [0.1, 0.15) is 51.9 Å². The van der Waals surface area contributed by atoms with E-state index in [1.165, 1.54) is 19.1 Å². The number of terminal acetylenes is 1. The fraction of sp³-hybridized carbons (Fsp3) is 0.577. The highest BCUT2D eigenvalue weighted by Crippen LogP contribution is 2.37. The minimum absolute atomic E-state index is 0.0150. The summed E-state index contributed by atoms with van der Waals surface area (Å²) in [6.45, 7) is 2.57. The lowest BCUT2D eigenvalue weighted by molar-refractivity contribution is -0.383. The molecule has 3 N–H and O–H groups in total. The van der Waals surface area contributed by atoms with Crippen LogP contribution in [0.5, 0.6) is 5.75 Å². The minimum Gasteiger partial charge on any atom is -0.489 e. The molecule has 1 aliphatic rings. The predicted octanol–water partition coefficient (Wildman–Crippen LogP) is 1.79. The van der Waals surface area contributed by atoms with Gasteiger partial charge in [-0.25, -0.2) is 4.63 Å². The Kier molecular flexibility index (Phi) is 12.1. The first-order valence-corrected chi connectivity index (χ1v) is 13.5. The number of rotatable bonds is 20. The number of carbonyl (C=O) groups excluding carboxylic acids is 3. The molecule has 2 heterocycles. The van der Waals surface area contributed by atoms with Crippen molar-refractivity contribution in [3.63, 3.8) is 0 Å². The summed E-state index contributed by atoms with van der Waals surface area (Å²) < 4.78 is 15.7. The van der Waals surface area contributed by atoms with E-state index in [0.717, 1.165) is 0 Å². The van der Waals surface area contributed by atoms with Crippen molar-refractivity contribution in [1.29, 1.82) is 0 Å². The van der Waals surface area contributed by atoms with Crippen molar-refractivity contribution in [2.24, 2.45) is 10.2 Å². The normalized spacial score (nSPS) is 13.6. The van der Waals surface area contributed by atoms with Crippen molar-refractivity contribution in [1.82, 2.24) is 26.3 Å². The molecule has 3 amide bonds. The first-order chi connectivity index (χ1) is 20.2. The lowest BCUT2D eigenvalue weighted by Crippen LogP contribution is -2.47.